The summed E-state index contributed by atoms with van der Waals surface area (Å²) < 4.78 is 12.1. The van der Waals surface area contributed by atoms with Crippen molar-refractivity contribution in [2.45, 2.75) is 25.7 Å². The zero-order chi connectivity index (χ0) is 19.0. The quantitative estimate of drug-likeness (QED) is 0.743. The third kappa shape index (κ3) is 3.28. The van der Waals surface area contributed by atoms with E-state index in [0.29, 0.717) is 22.2 Å². The van der Waals surface area contributed by atoms with Crippen LogP contribution in [0.15, 0.2) is 24.3 Å². The number of carbonyl (C=O) groups excluding carboxylic acids is 1. The Morgan fingerprint density at radius 2 is 2.00 bits per heavy atom. The summed E-state index contributed by atoms with van der Waals surface area (Å²) in [4.78, 5) is 21.2. The van der Waals surface area contributed by atoms with Crippen molar-refractivity contribution in [3.63, 3.8) is 0 Å². The molecule has 6 nitrogen and oxygen atoms in total. The van der Waals surface area contributed by atoms with Crippen molar-refractivity contribution in [3.8, 4) is 16.5 Å². The summed E-state index contributed by atoms with van der Waals surface area (Å²) in [5, 5.41) is 0.681. The van der Waals surface area contributed by atoms with Crippen LogP contribution in [0.2, 0.25) is 0 Å². The zero-order valence-corrected chi connectivity index (χ0v) is 16.1. The summed E-state index contributed by atoms with van der Waals surface area (Å²) in [5.41, 5.74) is 9.34. The SMILES string of the molecule is COc1ccc(C2CCOCC2)c2sc(-c3nc(C)ccc3C(N)=O)nc12. The van der Waals surface area contributed by atoms with E-state index in [9.17, 15) is 4.79 Å². The number of pyridine rings is 1. The van der Waals surface area contributed by atoms with Crippen molar-refractivity contribution in [2.24, 2.45) is 5.73 Å². The Kier molecular flexibility index (Phi) is 4.80. The van der Waals surface area contributed by atoms with Crippen molar-refractivity contribution < 1.29 is 14.3 Å². The highest BCUT2D eigenvalue weighted by Gasteiger charge is 2.23. The molecule has 0 bridgehead atoms. The van der Waals surface area contributed by atoms with E-state index >= 15 is 0 Å². The van der Waals surface area contributed by atoms with Crippen LogP contribution in [0.1, 0.15) is 40.4 Å². The van der Waals surface area contributed by atoms with Crippen molar-refractivity contribution in [3.05, 3.63) is 41.1 Å². The maximum atomic E-state index is 11.9. The van der Waals surface area contributed by atoms with Gasteiger partial charge in [0, 0.05) is 18.9 Å². The van der Waals surface area contributed by atoms with Gasteiger partial charge in [-0.3, -0.25) is 4.79 Å². The van der Waals surface area contributed by atoms with Gasteiger partial charge in [0.1, 0.15) is 22.0 Å². The lowest BCUT2D eigenvalue weighted by Crippen LogP contribution is -2.14. The minimum absolute atomic E-state index is 0.381. The fraction of sp³-hybridized carbons (Fsp3) is 0.350. The van der Waals surface area contributed by atoms with Crippen molar-refractivity contribution in [1.82, 2.24) is 9.97 Å². The van der Waals surface area contributed by atoms with Gasteiger partial charge in [0.05, 0.1) is 17.4 Å². The normalized spacial score (nSPS) is 15.2. The van der Waals surface area contributed by atoms with E-state index in [1.165, 1.54) is 16.9 Å². The number of hydrogen-bond acceptors (Lipinski definition) is 6. The average molecular weight is 383 g/mol. The Morgan fingerprint density at radius 3 is 2.70 bits per heavy atom. The second-order valence-corrected chi connectivity index (χ2v) is 7.65. The van der Waals surface area contributed by atoms with Gasteiger partial charge in [-0.15, -0.1) is 11.3 Å². The number of rotatable bonds is 4. The van der Waals surface area contributed by atoms with Crippen LogP contribution in [0.3, 0.4) is 0 Å². The van der Waals surface area contributed by atoms with Gasteiger partial charge < -0.3 is 15.2 Å². The third-order valence-electron chi connectivity index (χ3n) is 4.92. The van der Waals surface area contributed by atoms with Gasteiger partial charge in [-0.25, -0.2) is 9.97 Å². The van der Waals surface area contributed by atoms with E-state index in [2.05, 4.69) is 11.1 Å². The lowest BCUT2D eigenvalue weighted by atomic mass is 9.91. The number of nitrogens with two attached hydrogens (primary N) is 1. The lowest BCUT2D eigenvalue weighted by Gasteiger charge is -2.23. The number of methoxy groups -OCH3 is 1. The molecule has 2 aromatic heterocycles. The van der Waals surface area contributed by atoms with Crippen molar-refractivity contribution in [2.75, 3.05) is 20.3 Å². The summed E-state index contributed by atoms with van der Waals surface area (Å²) >= 11 is 1.54. The zero-order valence-electron chi connectivity index (χ0n) is 15.3. The minimum atomic E-state index is -0.506. The van der Waals surface area contributed by atoms with Crippen LogP contribution >= 0.6 is 11.3 Å². The Morgan fingerprint density at radius 1 is 1.22 bits per heavy atom. The molecule has 27 heavy (non-hydrogen) atoms. The van der Waals surface area contributed by atoms with Crippen molar-refractivity contribution in [1.29, 1.82) is 0 Å². The molecule has 1 saturated heterocycles. The molecule has 7 heteroatoms. The van der Waals surface area contributed by atoms with Gasteiger partial charge in [0.15, 0.2) is 0 Å². The van der Waals surface area contributed by atoms with Crippen LogP contribution in [0, 0.1) is 6.92 Å². The number of hydrogen-bond donors (Lipinski definition) is 1. The summed E-state index contributed by atoms with van der Waals surface area (Å²) in [6.07, 6.45) is 1.98. The van der Waals surface area contributed by atoms with E-state index < -0.39 is 5.91 Å². The van der Waals surface area contributed by atoms with Gasteiger partial charge in [-0.2, -0.15) is 0 Å². The standard InChI is InChI=1S/C20H21N3O3S/c1-11-3-4-14(19(21)24)16(22-11)20-23-17-15(25-2)6-5-13(18(17)27-20)12-7-9-26-10-8-12/h3-6,12H,7-10H2,1-2H3,(H2,21,24). The molecule has 0 spiro atoms. The minimum Gasteiger partial charge on any atom is -0.494 e. The molecule has 1 aromatic carbocycles. The lowest BCUT2D eigenvalue weighted by molar-refractivity contribution is 0.0856. The number of nitrogens with zero attached hydrogens (tertiary/aromatic N) is 2. The summed E-state index contributed by atoms with van der Waals surface area (Å²) in [7, 11) is 1.64. The average Bonchev–Trinajstić information content (AvgIpc) is 3.13. The third-order valence-corrected chi connectivity index (χ3v) is 6.03. The molecule has 1 aliphatic heterocycles. The number of ether oxygens (including phenoxy) is 2. The van der Waals surface area contributed by atoms with E-state index in [1.807, 2.05) is 13.0 Å². The van der Waals surface area contributed by atoms with Crippen LogP contribution in [0.25, 0.3) is 20.9 Å². The molecular formula is C20H21N3O3S. The first kappa shape index (κ1) is 17.9. The highest BCUT2D eigenvalue weighted by molar-refractivity contribution is 7.22. The molecule has 1 aliphatic rings. The number of aromatic nitrogens is 2. The number of thiazole rings is 1. The number of carbonyl (C=O) groups is 1. The van der Waals surface area contributed by atoms with Gasteiger partial charge >= 0.3 is 0 Å². The van der Waals surface area contributed by atoms with Crippen LogP contribution in [0.5, 0.6) is 5.75 Å². The topological polar surface area (TPSA) is 87.3 Å². The molecule has 3 aromatic rings. The largest absolute Gasteiger partial charge is 0.494 e. The molecule has 1 fully saturated rings. The van der Waals surface area contributed by atoms with Crippen molar-refractivity contribution >= 4 is 27.5 Å². The van der Waals surface area contributed by atoms with E-state index in [1.54, 1.807) is 19.2 Å². The first-order valence-electron chi connectivity index (χ1n) is 8.91. The molecule has 1 amide bonds. The molecule has 2 N–H and O–H groups in total. The Bertz CT molecular complexity index is 1010. The molecule has 0 unspecified atom stereocenters. The highest BCUT2D eigenvalue weighted by atomic mass is 32.1. The first-order chi connectivity index (χ1) is 13.1. The smallest absolute Gasteiger partial charge is 0.251 e. The van der Waals surface area contributed by atoms with E-state index in [4.69, 9.17) is 20.2 Å². The Balaban J connectivity index is 1.91. The van der Waals surface area contributed by atoms with Crippen LogP contribution in [-0.2, 0) is 4.74 Å². The molecular weight excluding hydrogens is 362 g/mol. The van der Waals surface area contributed by atoms with Crippen LogP contribution < -0.4 is 10.5 Å². The van der Waals surface area contributed by atoms with Gasteiger partial charge in [-0.05, 0) is 49.4 Å². The summed E-state index contributed by atoms with van der Waals surface area (Å²) in [6, 6.07) is 7.58. The first-order valence-corrected chi connectivity index (χ1v) is 9.73. The van der Waals surface area contributed by atoms with Gasteiger partial charge in [0.2, 0.25) is 0 Å². The molecule has 140 valence electrons. The van der Waals surface area contributed by atoms with Gasteiger partial charge in [0.25, 0.3) is 5.91 Å². The second kappa shape index (κ2) is 7.25. The monoisotopic (exact) mass is 383 g/mol. The number of primary amides is 1. The predicted molar refractivity (Wildman–Crippen MR) is 105 cm³/mol. The molecule has 3 heterocycles. The molecule has 0 atom stereocenters. The van der Waals surface area contributed by atoms with E-state index in [-0.39, 0.29) is 0 Å². The maximum absolute atomic E-state index is 11.9. The maximum Gasteiger partial charge on any atom is 0.251 e. The fourth-order valence-corrected chi connectivity index (χ4v) is 4.70. The molecule has 0 radical (unpaired) electrons. The number of benzene rings is 1. The fourth-order valence-electron chi connectivity index (χ4n) is 3.52. The Hall–Kier alpha value is -2.51. The summed E-state index contributed by atoms with van der Waals surface area (Å²) in [6.45, 7) is 3.43. The second-order valence-electron chi connectivity index (χ2n) is 6.65. The van der Waals surface area contributed by atoms with Crippen LogP contribution in [-0.4, -0.2) is 36.2 Å². The molecule has 0 aliphatic carbocycles. The van der Waals surface area contributed by atoms with Gasteiger partial charge in [-0.1, -0.05) is 6.07 Å². The van der Waals surface area contributed by atoms with E-state index in [0.717, 1.165) is 47.7 Å². The number of aryl methyl sites for hydroxylation is 1. The predicted octanol–water partition coefficient (Wildman–Crippen LogP) is 3.67. The highest BCUT2D eigenvalue weighted by Crippen LogP contribution is 2.41. The summed E-state index contributed by atoms with van der Waals surface area (Å²) in [5.74, 6) is 0.645. The molecule has 0 saturated carbocycles. The molecule has 4 rings (SSSR count). The number of fused-ring (bicyclic) bond motifs is 1. The number of amides is 1. The Labute approximate surface area is 161 Å². The van der Waals surface area contributed by atoms with Crippen LogP contribution in [0.4, 0.5) is 0 Å².